The minimum atomic E-state index is -3.65. The van der Waals surface area contributed by atoms with Gasteiger partial charge in [0.1, 0.15) is 16.4 Å². The van der Waals surface area contributed by atoms with E-state index in [9.17, 15) is 13.5 Å². The molecular weight excluding hydrogens is 294 g/mol. The van der Waals surface area contributed by atoms with E-state index in [1.165, 1.54) is 4.31 Å². The molecule has 0 aromatic carbocycles. The highest BCUT2D eigenvalue weighted by molar-refractivity contribution is 7.89. The quantitative estimate of drug-likeness (QED) is 0.889. The standard InChI is InChI=1S/C14H23NO5S/c1-10-13(9-16)14(11(2)20-10)21(17,18)15(3)8-12-4-6-19-7-5-12/h12,16H,4-9H2,1-3H3. The number of hydrogen-bond acceptors (Lipinski definition) is 5. The van der Waals surface area contributed by atoms with Gasteiger partial charge in [-0.15, -0.1) is 0 Å². The Kier molecular flexibility index (Phi) is 5.08. The average molecular weight is 317 g/mol. The van der Waals surface area contributed by atoms with Gasteiger partial charge in [0.05, 0.1) is 6.61 Å². The Labute approximate surface area is 125 Å². The van der Waals surface area contributed by atoms with E-state index in [0.29, 0.717) is 42.8 Å². The van der Waals surface area contributed by atoms with Crippen LogP contribution in [0.2, 0.25) is 0 Å². The summed E-state index contributed by atoms with van der Waals surface area (Å²) in [4.78, 5) is 0.108. The summed E-state index contributed by atoms with van der Waals surface area (Å²) in [5.74, 6) is 1.09. The van der Waals surface area contributed by atoms with Crippen LogP contribution >= 0.6 is 0 Å². The zero-order chi connectivity index (χ0) is 15.6. The molecule has 0 spiro atoms. The van der Waals surface area contributed by atoms with Crippen molar-refractivity contribution in [2.75, 3.05) is 26.8 Å². The van der Waals surface area contributed by atoms with Gasteiger partial charge in [-0.2, -0.15) is 0 Å². The highest BCUT2D eigenvalue weighted by Crippen LogP contribution is 2.29. The molecule has 1 fully saturated rings. The van der Waals surface area contributed by atoms with Crippen LogP contribution < -0.4 is 0 Å². The Balaban J connectivity index is 2.24. The van der Waals surface area contributed by atoms with Gasteiger partial charge < -0.3 is 14.3 Å². The van der Waals surface area contributed by atoms with Gasteiger partial charge in [0.15, 0.2) is 0 Å². The summed E-state index contributed by atoms with van der Waals surface area (Å²) in [6, 6.07) is 0. The fourth-order valence-corrected chi connectivity index (χ4v) is 4.42. The lowest BCUT2D eigenvalue weighted by Crippen LogP contribution is -2.34. The summed E-state index contributed by atoms with van der Waals surface area (Å²) in [5.41, 5.74) is 0.353. The topological polar surface area (TPSA) is 80.0 Å². The van der Waals surface area contributed by atoms with Crippen molar-refractivity contribution >= 4 is 10.0 Å². The van der Waals surface area contributed by atoms with E-state index in [1.54, 1.807) is 20.9 Å². The van der Waals surface area contributed by atoms with Crippen molar-refractivity contribution in [3.05, 3.63) is 17.1 Å². The molecule has 1 saturated heterocycles. The molecule has 0 saturated carbocycles. The highest BCUT2D eigenvalue weighted by Gasteiger charge is 2.31. The maximum atomic E-state index is 12.7. The van der Waals surface area contributed by atoms with Crippen molar-refractivity contribution in [3.63, 3.8) is 0 Å². The third kappa shape index (κ3) is 3.31. The molecular formula is C14H23NO5S. The summed E-state index contributed by atoms with van der Waals surface area (Å²) in [7, 11) is -2.08. The van der Waals surface area contributed by atoms with Gasteiger partial charge in [0, 0.05) is 32.4 Å². The smallest absolute Gasteiger partial charge is 0.246 e. The zero-order valence-electron chi connectivity index (χ0n) is 12.8. The lowest BCUT2D eigenvalue weighted by Gasteiger charge is -2.26. The number of sulfonamides is 1. The second-order valence-corrected chi connectivity index (χ2v) is 7.50. The molecule has 0 aliphatic carbocycles. The summed E-state index contributed by atoms with van der Waals surface area (Å²) >= 11 is 0. The van der Waals surface area contributed by atoms with Crippen LogP contribution in [0.15, 0.2) is 9.31 Å². The number of furan rings is 1. The maximum absolute atomic E-state index is 12.7. The van der Waals surface area contributed by atoms with Crippen molar-refractivity contribution in [1.82, 2.24) is 4.31 Å². The van der Waals surface area contributed by atoms with E-state index in [1.807, 2.05) is 0 Å². The summed E-state index contributed by atoms with van der Waals surface area (Å²) in [5, 5.41) is 9.42. The first-order valence-electron chi connectivity index (χ1n) is 7.11. The second-order valence-electron chi connectivity index (χ2n) is 5.52. The molecule has 0 unspecified atom stereocenters. The molecule has 1 N–H and O–H groups in total. The highest BCUT2D eigenvalue weighted by atomic mass is 32.2. The first-order valence-corrected chi connectivity index (χ1v) is 8.55. The van der Waals surface area contributed by atoms with E-state index < -0.39 is 10.0 Å². The van der Waals surface area contributed by atoms with Crippen LogP contribution in [0.5, 0.6) is 0 Å². The van der Waals surface area contributed by atoms with Gasteiger partial charge in [-0.25, -0.2) is 12.7 Å². The number of aliphatic hydroxyl groups excluding tert-OH is 1. The number of rotatable bonds is 5. The normalized spacial score (nSPS) is 17.6. The van der Waals surface area contributed by atoms with Gasteiger partial charge in [-0.1, -0.05) is 0 Å². The van der Waals surface area contributed by atoms with Crippen LogP contribution in [0.4, 0.5) is 0 Å². The molecule has 2 rings (SSSR count). The number of aryl methyl sites for hydroxylation is 2. The number of aliphatic hydroxyl groups is 1. The first kappa shape index (κ1) is 16.5. The van der Waals surface area contributed by atoms with E-state index in [-0.39, 0.29) is 11.5 Å². The van der Waals surface area contributed by atoms with Crippen LogP contribution in [-0.2, 0) is 21.4 Å². The van der Waals surface area contributed by atoms with Crippen LogP contribution in [0.3, 0.4) is 0 Å². The number of nitrogens with zero attached hydrogens (tertiary/aromatic N) is 1. The van der Waals surface area contributed by atoms with Crippen molar-refractivity contribution in [3.8, 4) is 0 Å². The van der Waals surface area contributed by atoms with Crippen LogP contribution in [0.1, 0.15) is 29.9 Å². The van der Waals surface area contributed by atoms with Gasteiger partial charge in [-0.3, -0.25) is 0 Å². The van der Waals surface area contributed by atoms with E-state index in [4.69, 9.17) is 9.15 Å². The molecule has 0 amide bonds. The molecule has 1 aliphatic rings. The summed E-state index contributed by atoms with van der Waals surface area (Å²) < 4.78 is 37.5. The lowest BCUT2D eigenvalue weighted by molar-refractivity contribution is 0.0620. The van der Waals surface area contributed by atoms with E-state index >= 15 is 0 Å². The van der Waals surface area contributed by atoms with E-state index in [0.717, 1.165) is 12.8 Å². The van der Waals surface area contributed by atoms with Crippen molar-refractivity contribution < 1.29 is 22.7 Å². The molecule has 0 atom stereocenters. The first-order chi connectivity index (χ1) is 9.87. The second kappa shape index (κ2) is 6.48. The van der Waals surface area contributed by atoms with Crippen molar-refractivity contribution in [2.24, 2.45) is 5.92 Å². The number of ether oxygens (including phenoxy) is 1. The average Bonchev–Trinajstić information content (AvgIpc) is 2.74. The Morgan fingerprint density at radius 2 is 1.86 bits per heavy atom. The minimum absolute atomic E-state index is 0.108. The summed E-state index contributed by atoms with van der Waals surface area (Å²) in [6.45, 7) is 4.76. The zero-order valence-corrected chi connectivity index (χ0v) is 13.6. The molecule has 21 heavy (non-hydrogen) atoms. The van der Waals surface area contributed by atoms with Gasteiger partial charge >= 0.3 is 0 Å². The lowest BCUT2D eigenvalue weighted by atomic mass is 10.0. The van der Waals surface area contributed by atoms with Crippen molar-refractivity contribution in [2.45, 2.75) is 38.2 Å². The van der Waals surface area contributed by atoms with Crippen LogP contribution in [-0.4, -0.2) is 44.6 Å². The van der Waals surface area contributed by atoms with Crippen LogP contribution in [0.25, 0.3) is 0 Å². The molecule has 1 aromatic rings. The van der Waals surface area contributed by atoms with E-state index in [2.05, 4.69) is 0 Å². The molecule has 120 valence electrons. The van der Waals surface area contributed by atoms with Gasteiger partial charge in [0.25, 0.3) is 0 Å². The molecule has 2 heterocycles. The van der Waals surface area contributed by atoms with Crippen molar-refractivity contribution in [1.29, 1.82) is 0 Å². The van der Waals surface area contributed by atoms with Crippen LogP contribution in [0, 0.1) is 19.8 Å². The molecule has 7 heteroatoms. The Bertz CT molecular complexity index is 587. The fraction of sp³-hybridized carbons (Fsp3) is 0.714. The predicted molar refractivity (Wildman–Crippen MR) is 77.5 cm³/mol. The predicted octanol–water partition coefficient (Wildman–Crippen LogP) is 1.44. The number of hydrogen-bond donors (Lipinski definition) is 1. The fourth-order valence-electron chi connectivity index (χ4n) is 2.78. The molecule has 1 aliphatic heterocycles. The Morgan fingerprint density at radius 1 is 1.24 bits per heavy atom. The largest absolute Gasteiger partial charge is 0.465 e. The molecule has 1 aromatic heterocycles. The molecule has 6 nitrogen and oxygen atoms in total. The SMILES string of the molecule is Cc1oc(C)c(S(=O)(=O)N(C)CC2CCOCC2)c1CO. The van der Waals surface area contributed by atoms with Gasteiger partial charge in [-0.05, 0) is 32.6 Å². The Hall–Kier alpha value is -0.890. The summed E-state index contributed by atoms with van der Waals surface area (Å²) in [6.07, 6.45) is 1.74. The van der Waals surface area contributed by atoms with Gasteiger partial charge in [0.2, 0.25) is 10.0 Å². The molecule has 0 radical (unpaired) electrons. The third-order valence-electron chi connectivity index (χ3n) is 4.01. The Morgan fingerprint density at radius 3 is 2.43 bits per heavy atom. The monoisotopic (exact) mass is 317 g/mol. The minimum Gasteiger partial charge on any atom is -0.465 e. The molecule has 0 bridgehead atoms. The third-order valence-corrected chi connectivity index (χ3v) is 6.03. The maximum Gasteiger partial charge on any atom is 0.246 e.